The molecule has 1 aromatic carbocycles. The second kappa shape index (κ2) is 6.35. The lowest BCUT2D eigenvalue weighted by Crippen LogP contribution is -2.29. The topological polar surface area (TPSA) is 37.4 Å². The summed E-state index contributed by atoms with van der Waals surface area (Å²) in [5.74, 6) is -0.563. The Morgan fingerprint density at radius 3 is 1.94 bits per heavy atom. The Balaban J connectivity index is 0.000000280. The Labute approximate surface area is 107 Å². The van der Waals surface area contributed by atoms with E-state index in [1.807, 2.05) is 13.0 Å². The van der Waals surface area contributed by atoms with E-state index in [2.05, 4.69) is 13.2 Å². The summed E-state index contributed by atoms with van der Waals surface area (Å²) in [4.78, 5) is 23.5. The SMILES string of the molecule is C=CC(=C)C.O=C1C=CC(=O)N1c1ccccc1. The van der Waals surface area contributed by atoms with Crippen molar-refractivity contribution in [2.45, 2.75) is 6.92 Å². The second-order valence-corrected chi connectivity index (χ2v) is 3.73. The fraction of sp³-hybridized carbons (Fsp3) is 0.0667. The van der Waals surface area contributed by atoms with Crippen molar-refractivity contribution in [2.24, 2.45) is 0 Å². The van der Waals surface area contributed by atoms with E-state index >= 15 is 0 Å². The third-order valence-corrected chi connectivity index (χ3v) is 2.17. The van der Waals surface area contributed by atoms with Crippen LogP contribution in [-0.2, 0) is 9.59 Å². The summed E-state index contributed by atoms with van der Waals surface area (Å²) in [5.41, 5.74) is 1.63. The quantitative estimate of drug-likeness (QED) is 0.589. The van der Waals surface area contributed by atoms with Crippen LogP contribution in [0.1, 0.15) is 6.92 Å². The van der Waals surface area contributed by atoms with Gasteiger partial charge < -0.3 is 0 Å². The first-order chi connectivity index (χ1) is 8.56. The van der Waals surface area contributed by atoms with Crippen molar-refractivity contribution >= 4 is 17.5 Å². The Morgan fingerprint density at radius 1 is 1.11 bits per heavy atom. The molecule has 0 aromatic heterocycles. The maximum absolute atomic E-state index is 11.2. The van der Waals surface area contributed by atoms with Gasteiger partial charge in [0.15, 0.2) is 0 Å². The van der Waals surface area contributed by atoms with Crippen molar-refractivity contribution in [2.75, 3.05) is 4.90 Å². The third-order valence-electron chi connectivity index (χ3n) is 2.17. The van der Waals surface area contributed by atoms with Gasteiger partial charge in [0.05, 0.1) is 5.69 Å². The molecule has 92 valence electrons. The fourth-order valence-corrected chi connectivity index (χ4v) is 1.23. The van der Waals surface area contributed by atoms with Crippen LogP contribution in [0.3, 0.4) is 0 Å². The number of hydrogen-bond donors (Lipinski definition) is 0. The van der Waals surface area contributed by atoms with Crippen LogP contribution >= 0.6 is 0 Å². The Kier molecular flexibility index (Phi) is 4.81. The monoisotopic (exact) mass is 241 g/mol. The number of para-hydroxylation sites is 1. The molecule has 1 aliphatic rings. The molecular formula is C15H15NO2. The van der Waals surface area contributed by atoms with Crippen LogP contribution in [0.15, 0.2) is 67.3 Å². The predicted octanol–water partition coefficient (Wildman–Crippen LogP) is 2.86. The minimum atomic E-state index is -0.281. The number of anilines is 1. The molecule has 0 radical (unpaired) electrons. The average molecular weight is 241 g/mol. The largest absolute Gasteiger partial charge is 0.269 e. The number of benzene rings is 1. The fourth-order valence-electron chi connectivity index (χ4n) is 1.23. The van der Waals surface area contributed by atoms with Crippen LogP contribution in [0.25, 0.3) is 0 Å². The summed E-state index contributed by atoms with van der Waals surface area (Å²) >= 11 is 0. The number of carbonyl (C=O) groups is 2. The lowest BCUT2D eigenvalue weighted by atomic mass is 10.3. The van der Waals surface area contributed by atoms with Gasteiger partial charge >= 0.3 is 0 Å². The highest BCUT2D eigenvalue weighted by atomic mass is 16.2. The smallest absolute Gasteiger partial charge is 0.258 e. The molecule has 1 aromatic rings. The van der Waals surface area contributed by atoms with Crippen molar-refractivity contribution in [3.63, 3.8) is 0 Å². The minimum Gasteiger partial charge on any atom is -0.269 e. The van der Waals surface area contributed by atoms with E-state index in [-0.39, 0.29) is 11.8 Å². The van der Waals surface area contributed by atoms with E-state index in [1.165, 1.54) is 12.2 Å². The molecule has 3 nitrogen and oxygen atoms in total. The normalized spacial score (nSPS) is 13.1. The van der Waals surface area contributed by atoms with Crippen molar-refractivity contribution in [3.8, 4) is 0 Å². The number of hydrogen-bond acceptors (Lipinski definition) is 2. The standard InChI is InChI=1S/C10H7NO2.C5H8/c12-9-6-7-10(13)11(9)8-4-2-1-3-5-8;1-4-5(2)3/h1-7H;4H,1-2H2,3H3. The Bertz CT molecular complexity index is 482. The van der Waals surface area contributed by atoms with Crippen molar-refractivity contribution in [3.05, 3.63) is 67.3 Å². The maximum atomic E-state index is 11.2. The van der Waals surface area contributed by atoms with E-state index in [0.29, 0.717) is 5.69 Å². The first kappa shape index (κ1) is 13.6. The molecule has 2 rings (SSSR count). The average Bonchev–Trinajstić information content (AvgIpc) is 2.71. The number of rotatable bonds is 2. The number of nitrogens with zero attached hydrogens (tertiary/aromatic N) is 1. The van der Waals surface area contributed by atoms with Crippen molar-refractivity contribution in [1.29, 1.82) is 0 Å². The van der Waals surface area contributed by atoms with Crippen LogP contribution in [0.2, 0.25) is 0 Å². The van der Waals surface area contributed by atoms with Crippen molar-refractivity contribution in [1.82, 2.24) is 0 Å². The molecule has 0 saturated heterocycles. The van der Waals surface area contributed by atoms with Gasteiger partial charge in [-0.15, -0.1) is 0 Å². The van der Waals surface area contributed by atoms with Crippen LogP contribution in [0.5, 0.6) is 0 Å². The molecule has 0 N–H and O–H groups in total. The lowest BCUT2D eigenvalue weighted by Gasteiger charge is -2.12. The molecule has 0 spiro atoms. The molecule has 1 heterocycles. The van der Waals surface area contributed by atoms with E-state index in [0.717, 1.165) is 10.5 Å². The molecule has 0 unspecified atom stereocenters. The van der Waals surface area contributed by atoms with Gasteiger partial charge in [-0.05, 0) is 19.1 Å². The Morgan fingerprint density at radius 2 is 1.56 bits per heavy atom. The molecule has 2 amide bonds. The van der Waals surface area contributed by atoms with Gasteiger partial charge in [-0.3, -0.25) is 9.59 Å². The number of carbonyl (C=O) groups excluding carboxylic acids is 2. The molecule has 1 aliphatic heterocycles. The van der Waals surface area contributed by atoms with Crippen LogP contribution in [-0.4, -0.2) is 11.8 Å². The molecule has 0 fully saturated rings. The minimum absolute atomic E-state index is 0.281. The van der Waals surface area contributed by atoms with Crippen LogP contribution in [0, 0.1) is 0 Å². The van der Waals surface area contributed by atoms with E-state index < -0.39 is 0 Å². The number of imide groups is 1. The molecule has 0 saturated carbocycles. The zero-order valence-electron chi connectivity index (χ0n) is 10.3. The van der Waals surface area contributed by atoms with E-state index in [9.17, 15) is 9.59 Å². The highest BCUT2D eigenvalue weighted by molar-refractivity contribution is 6.28. The van der Waals surface area contributed by atoms with Crippen molar-refractivity contribution < 1.29 is 9.59 Å². The summed E-state index contributed by atoms with van der Waals surface area (Å²) in [6, 6.07) is 8.86. The van der Waals surface area contributed by atoms with Gasteiger partial charge in [0.25, 0.3) is 11.8 Å². The molecule has 0 bridgehead atoms. The van der Waals surface area contributed by atoms with Crippen LogP contribution < -0.4 is 4.90 Å². The molecule has 18 heavy (non-hydrogen) atoms. The first-order valence-corrected chi connectivity index (χ1v) is 5.45. The summed E-state index contributed by atoms with van der Waals surface area (Å²) < 4.78 is 0. The molecule has 0 aliphatic carbocycles. The predicted molar refractivity (Wildman–Crippen MR) is 73.1 cm³/mol. The Hall–Kier alpha value is -2.42. The van der Waals surface area contributed by atoms with Gasteiger partial charge in [0.2, 0.25) is 0 Å². The maximum Gasteiger partial charge on any atom is 0.258 e. The van der Waals surface area contributed by atoms with Gasteiger partial charge in [-0.1, -0.05) is 43.0 Å². The molecular weight excluding hydrogens is 226 g/mol. The summed E-state index contributed by atoms with van der Waals surface area (Å²) in [6.07, 6.45) is 4.27. The highest BCUT2D eigenvalue weighted by Gasteiger charge is 2.24. The number of amides is 2. The second-order valence-electron chi connectivity index (χ2n) is 3.73. The zero-order valence-corrected chi connectivity index (χ0v) is 10.3. The van der Waals surface area contributed by atoms with Gasteiger partial charge in [0.1, 0.15) is 0 Å². The summed E-state index contributed by atoms with van der Waals surface area (Å²) in [5, 5.41) is 0. The van der Waals surface area contributed by atoms with Gasteiger partial charge in [-0.2, -0.15) is 0 Å². The van der Waals surface area contributed by atoms with E-state index in [1.54, 1.807) is 30.3 Å². The van der Waals surface area contributed by atoms with Gasteiger partial charge in [-0.25, -0.2) is 4.90 Å². The molecule has 0 atom stereocenters. The number of allylic oxidation sites excluding steroid dienone is 2. The van der Waals surface area contributed by atoms with E-state index in [4.69, 9.17) is 0 Å². The van der Waals surface area contributed by atoms with Gasteiger partial charge in [0, 0.05) is 12.2 Å². The lowest BCUT2D eigenvalue weighted by molar-refractivity contribution is -0.119. The third kappa shape index (κ3) is 3.56. The first-order valence-electron chi connectivity index (χ1n) is 5.45. The highest BCUT2D eigenvalue weighted by Crippen LogP contribution is 2.17. The molecule has 3 heteroatoms. The summed E-state index contributed by atoms with van der Waals surface area (Å²) in [6.45, 7) is 8.93. The van der Waals surface area contributed by atoms with Crippen LogP contribution in [0.4, 0.5) is 5.69 Å². The zero-order chi connectivity index (χ0) is 13.5. The summed E-state index contributed by atoms with van der Waals surface area (Å²) in [7, 11) is 0.